The fraction of sp³-hybridized carbons (Fsp3) is 0.344. The number of anilines is 2. The second-order valence-corrected chi connectivity index (χ2v) is 16.6. The fourth-order valence-corrected chi connectivity index (χ4v) is 9.78. The van der Waals surface area contributed by atoms with Crippen LogP contribution in [0, 0.1) is 5.82 Å². The van der Waals surface area contributed by atoms with Crippen molar-refractivity contribution >= 4 is 75.6 Å². The standard InChI is InChI=1S/C32H33FN7O8SSi/c1-37-24-14-18(3-6-22(24)40(32(37)46)23-7-8-26(42)35-30(23)44)17-9-11-38(12-10-17)50(2)31(45)34-20-4-5-21-19(13-20)15-25(41)29(28(21)33)39-16-27(43)36-49(39,47)48/h3-6,13-15,17,23,41H,7-12,16H2,1-2H3,(H,34,45)(H,36,43)(H,35,42,44). The molecule has 1 aromatic heterocycles. The Hall–Kier alpha value is -5.07. The van der Waals surface area contributed by atoms with E-state index in [1.54, 1.807) is 11.8 Å². The second-order valence-electron chi connectivity index (χ2n) is 12.8. The Morgan fingerprint density at radius 1 is 1.00 bits per heavy atom. The Morgan fingerprint density at radius 2 is 1.74 bits per heavy atom. The van der Waals surface area contributed by atoms with E-state index in [1.165, 1.54) is 33.4 Å². The van der Waals surface area contributed by atoms with Crippen LogP contribution in [0.25, 0.3) is 21.8 Å². The number of benzene rings is 3. The number of amides is 4. The Labute approximate surface area is 286 Å². The normalized spacial score (nSPS) is 20.1. The zero-order chi connectivity index (χ0) is 35.6. The third kappa shape index (κ3) is 5.71. The molecule has 15 nitrogen and oxygen atoms in total. The number of phenols is 1. The molecule has 1 atom stereocenters. The van der Waals surface area contributed by atoms with E-state index >= 15 is 4.39 Å². The van der Waals surface area contributed by atoms with Crippen LogP contribution >= 0.6 is 0 Å². The largest absolute Gasteiger partial charge is 0.506 e. The van der Waals surface area contributed by atoms with Gasteiger partial charge in [-0.05, 0) is 92.2 Å². The van der Waals surface area contributed by atoms with Gasteiger partial charge in [-0.1, -0.05) is 6.07 Å². The van der Waals surface area contributed by atoms with Gasteiger partial charge < -0.3 is 15.0 Å². The molecule has 4 heterocycles. The zero-order valence-corrected chi connectivity index (χ0v) is 28.8. The summed E-state index contributed by atoms with van der Waals surface area (Å²) < 4.78 is 47.3. The molecular formula is C32H33FN7O8SSi. The van der Waals surface area contributed by atoms with Crippen LogP contribution in [0.15, 0.2) is 47.3 Å². The molecule has 0 bridgehead atoms. The summed E-state index contributed by atoms with van der Waals surface area (Å²) in [5.41, 5.74) is 1.62. The molecule has 4 amide bonds. The summed E-state index contributed by atoms with van der Waals surface area (Å²) in [5, 5.41) is 16.0. The molecule has 3 aliphatic rings. The molecule has 4 aromatic rings. The van der Waals surface area contributed by atoms with E-state index in [0.29, 0.717) is 34.1 Å². The van der Waals surface area contributed by atoms with Gasteiger partial charge in [-0.2, -0.15) is 8.42 Å². The SMILES string of the molecule is Cn1c(=O)n(C2CCC(=O)NC2=O)c2ccc(C3CCN([Si](C)C(=O)Nc4ccc5c(F)c(N6CC(=O)NS6(=O)=O)c(O)cc5c4)CC3)cc21. The van der Waals surface area contributed by atoms with E-state index in [-0.39, 0.29) is 46.7 Å². The van der Waals surface area contributed by atoms with Crippen LogP contribution in [0.2, 0.25) is 6.55 Å². The highest BCUT2D eigenvalue weighted by atomic mass is 32.2. The molecule has 0 aliphatic carbocycles. The lowest BCUT2D eigenvalue weighted by molar-refractivity contribution is -0.135. The van der Waals surface area contributed by atoms with Gasteiger partial charge in [0.05, 0.1) is 11.0 Å². The van der Waals surface area contributed by atoms with Crippen molar-refractivity contribution in [2.45, 2.75) is 44.2 Å². The maximum Gasteiger partial charge on any atom is 0.329 e. The summed E-state index contributed by atoms with van der Waals surface area (Å²) >= 11 is 0. The van der Waals surface area contributed by atoms with Crippen molar-refractivity contribution in [1.82, 2.24) is 23.7 Å². The van der Waals surface area contributed by atoms with Gasteiger partial charge in [-0.3, -0.25) is 33.6 Å². The minimum absolute atomic E-state index is 0.000226. The number of fused-ring (bicyclic) bond motifs is 2. The number of hydrogen-bond donors (Lipinski definition) is 4. The monoisotopic (exact) mass is 722 g/mol. The molecule has 261 valence electrons. The molecule has 3 fully saturated rings. The highest BCUT2D eigenvalue weighted by Gasteiger charge is 2.38. The van der Waals surface area contributed by atoms with Crippen LogP contribution in [-0.4, -0.2) is 79.1 Å². The van der Waals surface area contributed by atoms with Crippen LogP contribution in [0.4, 0.5) is 20.6 Å². The lowest BCUT2D eigenvalue weighted by Gasteiger charge is -2.34. The number of rotatable bonds is 6. The first-order valence-electron chi connectivity index (χ1n) is 16.0. The molecule has 3 aromatic carbocycles. The molecule has 0 saturated carbocycles. The van der Waals surface area contributed by atoms with Crippen LogP contribution in [0.1, 0.15) is 43.2 Å². The third-order valence-corrected chi connectivity index (χ3v) is 13.3. The van der Waals surface area contributed by atoms with Gasteiger partial charge in [0.25, 0.3) is 5.91 Å². The second kappa shape index (κ2) is 12.4. The number of nitrogens with zero attached hydrogens (tertiary/aromatic N) is 4. The summed E-state index contributed by atoms with van der Waals surface area (Å²) in [5.74, 6) is -3.17. The van der Waals surface area contributed by atoms with Crippen molar-refractivity contribution in [2.75, 3.05) is 29.3 Å². The number of aromatic nitrogens is 2. The van der Waals surface area contributed by atoms with E-state index < -0.39 is 60.8 Å². The van der Waals surface area contributed by atoms with Crippen LogP contribution in [-0.2, 0) is 31.6 Å². The molecule has 18 heteroatoms. The van der Waals surface area contributed by atoms with Gasteiger partial charge >= 0.3 is 15.9 Å². The third-order valence-electron chi connectivity index (χ3n) is 9.76. The number of phenolic OH excluding ortho intramolecular Hbond substituents is 1. The summed E-state index contributed by atoms with van der Waals surface area (Å²) in [6, 6.07) is 10.6. The predicted molar refractivity (Wildman–Crippen MR) is 183 cm³/mol. The molecule has 7 rings (SSSR count). The molecular weight excluding hydrogens is 690 g/mol. The maximum atomic E-state index is 15.5. The molecule has 0 spiro atoms. The lowest BCUT2D eigenvalue weighted by Crippen LogP contribution is -2.48. The average Bonchev–Trinajstić information content (AvgIpc) is 3.49. The minimum atomic E-state index is -4.34. The first-order valence-corrected chi connectivity index (χ1v) is 19.3. The molecule has 50 heavy (non-hydrogen) atoms. The number of aryl methyl sites for hydroxylation is 1. The van der Waals surface area contributed by atoms with Gasteiger partial charge in [-0.25, -0.2) is 18.2 Å². The van der Waals surface area contributed by atoms with E-state index in [2.05, 4.69) is 15.2 Å². The number of piperidine rings is 2. The van der Waals surface area contributed by atoms with Crippen molar-refractivity contribution in [3.05, 3.63) is 64.3 Å². The lowest BCUT2D eigenvalue weighted by atomic mass is 9.90. The number of imidazole rings is 1. The van der Waals surface area contributed by atoms with Crippen molar-refractivity contribution < 1.29 is 37.1 Å². The Balaban J connectivity index is 1.02. The molecule has 3 saturated heterocycles. The first kappa shape index (κ1) is 33.4. The molecule has 1 radical (unpaired) electrons. The number of halogens is 1. The van der Waals surface area contributed by atoms with Crippen LogP contribution < -0.4 is 25.4 Å². The zero-order valence-electron chi connectivity index (χ0n) is 27.0. The van der Waals surface area contributed by atoms with E-state index in [0.717, 1.165) is 18.4 Å². The quantitative estimate of drug-likeness (QED) is 0.171. The van der Waals surface area contributed by atoms with Crippen LogP contribution in [0.5, 0.6) is 5.75 Å². The topological polar surface area (TPSA) is 192 Å². The summed E-state index contributed by atoms with van der Waals surface area (Å²) in [6.07, 6.45) is 2.00. The number of carbonyl (C=O) groups is 4. The van der Waals surface area contributed by atoms with Crippen molar-refractivity contribution in [1.29, 1.82) is 0 Å². The highest BCUT2D eigenvalue weighted by Crippen LogP contribution is 2.39. The molecule has 3 aliphatic heterocycles. The van der Waals surface area contributed by atoms with E-state index in [9.17, 15) is 37.5 Å². The first-order chi connectivity index (χ1) is 23.7. The summed E-state index contributed by atoms with van der Waals surface area (Å²) in [6.45, 7) is 2.58. The Kier molecular flexibility index (Phi) is 8.26. The van der Waals surface area contributed by atoms with Gasteiger partial charge in [0.1, 0.15) is 24.0 Å². The van der Waals surface area contributed by atoms with Crippen LogP contribution in [0.3, 0.4) is 0 Å². The highest BCUT2D eigenvalue weighted by molar-refractivity contribution is 7.92. The number of imide groups is 1. The van der Waals surface area contributed by atoms with Crippen molar-refractivity contribution in [3.8, 4) is 5.75 Å². The van der Waals surface area contributed by atoms with E-state index in [1.807, 2.05) is 24.7 Å². The van der Waals surface area contributed by atoms with Gasteiger partial charge in [-0.15, -0.1) is 0 Å². The number of nitrogens with one attached hydrogen (secondary N) is 3. The number of aromatic hydroxyl groups is 1. The smallest absolute Gasteiger partial charge is 0.329 e. The Morgan fingerprint density at radius 3 is 2.42 bits per heavy atom. The van der Waals surface area contributed by atoms with Crippen molar-refractivity contribution in [2.24, 2.45) is 7.05 Å². The Bertz CT molecular complexity index is 2300. The summed E-state index contributed by atoms with van der Waals surface area (Å²) in [4.78, 5) is 62.3. The van der Waals surface area contributed by atoms with E-state index in [4.69, 9.17) is 0 Å². The fourth-order valence-electron chi connectivity index (χ4n) is 7.08. The van der Waals surface area contributed by atoms with Gasteiger partial charge in [0.15, 0.2) is 5.82 Å². The molecule has 1 unspecified atom stereocenters. The van der Waals surface area contributed by atoms with Crippen molar-refractivity contribution in [3.63, 3.8) is 0 Å². The average molecular weight is 723 g/mol. The predicted octanol–water partition coefficient (Wildman–Crippen LogP) is 2.11. The maximum absolute atomic E-state index is 15.5. The number of carbonyl (C=O) groups excluding carboxylic acids is 4. The minimum Gasteiger partial charge on any atom is -0.506 e. The van der Waals surface area contributed by atoms with Gasteiger partial charge in [0.2, 0.25) is 26.3 Å². The number of hydrogen-bond acceptors (Lipinski definition) is 9. The summed E-state index contributed by atoms with van der Waals surface area (Å²) in [7, 11) is -4.38. The van der Waals surface area contributed by atoms with Gasteiger partial charge in [0, 0.05) is 24.5 Å². The molecule has 4 N–H and O–H groups in total.